The molecule has 0 aromatic rings. The molecular weight excluding hydrogens is 750 g/mol. The lowest BCUT2D eigenvalue weighted by atomic mass is 10.0. The van der Waals surface area contributed by atoms with Gasteiger partial charge in [-0.05, 0) is 12.8 Å². The van der Waals surface area contributed by atoms with Gasteiger partial charge in [-0.2, -0.15) is 5.26 Å². The highest BCUT2D eigenvalue weighted by atomic mass is 19.3. The number of carboxylic acids is 3. The van der Waals surface area contributed by atoms with Crippen LogP contribution in [0, 0.1) is 17.2 Å². The van der Waals surface area contributed by atoms with E-state index < -0.39 is 103 Å². The molecule has 0 radical (unpaired) electrons. The van der Waals surface area contributed by atoms with Crippen molar-refractivity contribution in [3.63, 3.8) is 0 Å². The van der Waals surface area contributed by atoms with Crippen molar-refractivity contribution in [2.24, 2.45) is 5.92 Å². The first kappa shape index (κ1) is 47.1. The summed E-state index contributed by atoms with van der Waals surface area (Å²) in [4.78, 5) is 105. The molecule has 0 spiro atoms. The number of alkyl halides is 2. The molecule has 21 nitrogen and oxygen atoms in total. The first-order valence-corrected chi connectivity index (χ1v) is 18.0. The molecule has 2 heterocycles. The summed E-state index contributed by atoms with van der Waals surface area (Å²) in [7, 11) is 0. The number of carboxylic acid groups (broad SMARTS) is 3. The third-order valence-corrected chi connectivity index (χ3v) is 8.96. The number of halogens is 2. The lowest BCUT2D eigenvalue weighted by Gasteiger charge is -2.32. The zero-order valence-electron chi connectivity index (χ0n) is 31.7. The van der Waals surface area contributed by atoms with E-state index in [9.17, 15) is 67.7 Å². The van der Waals surface area contributed by atoms with Crippen LogP contribution in [0.2, 0.25) is 0 Å². The van der Waals surface area contributed by atoms with Crippen LogP contribution in [0.3, 0.4) is 0 Å². The Hall–Kier alpha value is -5.05. The number of hydrogen-bond acceptors (Lipinski definition) is 13. The van der Waals surface area contributed by atoms with Gasteiger partial charge in [-0.15, -0.1) is 0 Å². The Kier molecular flexibility index (Phi) is 18.9. The Morgan fingerprint density at radius 3 is 1.50 bits per heavy atom. The standard InChI is InChI=1S/C33H52F2N10O11/c1-21(2)30(31(55)39-22(3)32(56)45-20-33(34,35)12-23(45)13-36)40-25(47)15-37-24(46)14-38-26(48)16-41-4-6-42(17-27(49)50)8-10-44(19-29(53)54)11-9-43(7-5-41)18-28(51)52/h21-23,30H,4-12,14-20H2,1-3H3,(H,37,46)(H,38,48)(H,39,55)(H,40,47)(H,49,50)(H,51,52)(H,53,54)/t22-,23+,30+/m1/s1. The maximum Gasteiger partial charge on any atom is 0.317 e. The fourth-order valence-electron chi connectivity index (χ4n) is 6.00. The number of nitriles is 1. The minimum atomic E-state index is -3.25. The second-order valence-electron chi connectivity index (χ2n) is 14.0. The van der Waals surface area contributed by atoms with E-state index in [4.69, 9.17) is 0 Å². The number of likely N-dealkylation sites (tertiary alicyclic amines) is 1. The molecule has 0 aromatic carbocycles. The minimum absolute atomic E-state index is 0.179. The van der Waals surface area contributed by atoms with Crippen molar-refractivity contribution in [3.05, 3.63) is 0 Å². The van der Waals surface area contributed by atoms with E-state index in [0.29, 0.717) is 4.90 Å². The van der Waals surface area contributed by atoms with Crippen LogP contribution in [0.15, 0.2) is 0 Å². The molecule has 23 heteroatoms. The number of hydrogen-bond donors (Lipinski definition) is 7. The molecule has 56 heavy (non-hydrogen) atoms. The van der Waals surface area contributed by atoms with Crippen LogP contribution >= 0.6 is 0 Å². The molecule has 0 aliphatic carbocycles. The van der Waals surface area contributed by atoms with Crippen LogP contribution in [0.1, 0.15) is 27.2 Å². The van der Waals surface area contributed by atoms with Crippen LogP contribution in [0.4, 0.5) is 8.78 Å². The van der Waals surface area contributed by atoms with Crippen molar-refractivity contribution in [2.45, 2.75) is 51.2 Å². The summed E-state index contributed by atoms with van der Waals surface area (Å²) >= 11 is 0. The van der Waals surface area contributed by atoms with Crippen molar-refractivity contribution in [1.82, 2.24) is 45.8 Å². The van der Waals surface area contributed by atoms with E-state index in [1.807, 2.05) is 0 Å². The van der Waals surface area contributed by atoms with Crippen molar-refractivity contribution in [3.8, 4) is 6.07 Å². The number of nitrogens with one attached hydrogen (secondary N) is 4. The molecule has 0 bridgehead atoms. The Morgan fingerprint density at radius 2 is 1.09 bits per heavy atom. The first-order valence-electron chi connectivity index (χ1n) is 18.0. The zero-order chi connectivity index (χ0) is 42.2. The van der Waals surface area contributed by atoms with Gasteiger partial charge in [0.2, 0.25) is 29.5 Å². The number of amides is 5. The second-order valence-corrected chi connectivity index (χ2v) is 14.0. The van der Waals surface area contributed by atoms with Crippen LogP contribution in [-0.4, -0.2) is 209 Å². The summed E-state index contributed by atoms with van der Waals surface area (Å²) in [6, 6.07) is -2.18. The fourth-order valence-corrected chi connectivity index (χ4v) is 6.00. The van der Waals surface area contributed by atoms with Gasteiger partial charge >= 0.3 is 17.9 Å². The summed E-state index contributed by atoms with van der Waals surface area (Å²) in [5, 5.41) is 46.8. The lowest BCUT2D eigenvalue weighted by Crippen LogP contribution is -2.56. The summed E-state index contributed by atoms with van der Waals surface area (Å²) in [5.74, 6) is -10.9. The van der Waals surface area contributed by atoms with Gasteiger partial charge < -0.3 is 41.5 Å². The molecule has 2 aliphatic heterocycles. The molecular formula is C33H52F2N10O11. The monoisotopic (exact) mass is 802 g/mol. The van der Waals surface area contributed by atoms with Gasteiger partial charge in [0.15, 0.2) is 0 Å². The molecule has 0 aromatic heterocycles. The maximum absolute atomic E-state index is 13.8. The Morgan fingerprint density at radius 1 is 0.679 bits per heavy atom. The minimum Gasteiger partial charge on any atom is -0.480 e. The summed E-state index contributed by atoms with van der Waals surface area (Å²) in [6.45, 7) is 2.63. The number of nitrogens with zero attached hydrogens (tertiary/aromatic N) is 6. The topological polar surface area (TPSA) is 285 Å². The fraction of sp³-hybridized carbons (Fsp3) is 0.727. The van der Waals surface area contributed by atoms with Crippen molar-refractivity contribution in [1.29, 1.82) is 5.26 Å². The average Bonchev–Trinajstić information content (AvgIpc) is 3.42. The van der Waals surface area contributed by atoms with E-state index in [1.54, 1.807) is 39.5 Å². The third kappa shape index (κ3) is 17.2. The molecule has 2 fully saturated rings. The number of carbonyl (C=O) groups excluding carboxylic acids is 5. The molecule has 314 valence electrons. The van der Waals surface area contributed by atoms with Gasteiger partial charge in [0.05, 0.1) is 51.9 Å². The Balaban J connectivity index is 1.92. The smallest absolute Gasteiger partial charge is 0.317 e. The molecule has 0 unspecified atom stereocenters. The molecule has 2 rings (SSSR count). The maximum atomic E-state index is 13.8. The number of aliphatic carboxylic acids is 3. The van der Waals surface area contributed by atoms with Crippen LogP contribution in [0.25, 0.3) is 0 Å². The van der Waals surface area contributed by atoms with Gasteiger partial charge in [-0.3, -0.25) is 58.0 Å². The quantitative estimate of drug-likeness (QED) is 0.0740. The molecule has 0 saturated carbocycles. The summed E-state index contributed by atoms with van der Waals surface area (Å²) in [5.41, 5.74) is 0. The highest BCUT2D eigenvalue weighted by Gasteiger charge is 2.48. The molecule has 2 saturated heterocycles. The second kappa shape index (κ2) is 22.5. The third-order valence-electron chi connectivity index (χ3n) is 8.96. The predicted octanol–water partition coefficient (Wildman–Crippen LogP) is -3.90. The lowest BCUT2D eigenvalue weighted by molar-refractivity contribution is -0.140. The Bertz CT molecular complexity index is 1450. The highest BCUT2D eigenvalue weighted by Crippen LogP contribution is 2.32. The van der Waals surface area contributed by atoms with Gasteiger partial charge in [-0.1, -0.05) is 13.8 Å². The molecule has 5 amide bonds. The van der Waals surface area contributed by atoms with Gasteiger partial charge in [-0.25, -0.2) is 8.78 Å². The van der Waals surface area contributed by atoms with E-state index in [2.05, 4.69) is 21.3 Å². The van der Waals surface area contributed by atoms with Gasteiger partial charge in [0.1, 0.15) is 18.1 Å². The number of rotatable bonds is 17. The first-order chi connectivity index (χ1) is 26.2. The largest absolute Gasteiger partial charge is 0.480 e. The zero-order valence-corrected chi connectivity index (χ0v) is 31.7. The van der Waals surface area contributed by atoms with E-state index in [1.165, 1.54) is 6.92 Å². The van der Waals surface area contributed by atoms with E-state index in [-0.39, 0.29) is 78.5 Å². The number of carbonyl (C=O) groups is 8. The van der Waals surface area contributed by atoms with Crippen LogP contribution in [-0.2, 0) is 38.4 Å². The highest BCUT2D eigenvalue weighted by molar-refractivity contribution is 5.94. The normalized spacial score (nSPS) is 20.0. The van der Waals surface area contributed by atoms with E-state index in [0.717, 1.165) is 0 Å². The van der Waals surface area contributed by atoms with Crippen LogP contribution in [0.5, 0.6) is 0 Å². The van der Waals surface area contributed by atoms with Gasteiger partial charge in [0.25, 0.3) is 5.92 Å². The predicted molar refractivity (Wildman–Crippen MR) is 190 cm³/mol. The van der Waals surface area contributed by atoms with Crippen LogP contribution < -0.4 is 21.3 Å². The molecule has 2 aliphatic rings. The average molecular weight is 803 g/mol. The van der Waals surface area contributed by atoms with Gasteiger partial charge in [0, 0.05) is 58.8 Å². The molecule has 3 atom stereocenters. The summed E-state index contributed by atoms with van der Waals surface area (Å²) < 4.78 is 27.6. The molecule has 7 N–H and O–H groups in total. The van der Waals surface area contributed by atoms with Crippen molar-refractivity contribution in [2.75, 3.05) is 98.2 Å². The SMILES string of the molecule is CC(C)[C@H](NC(=O)CNC(=O)CNC(=O)CN1CCN(CC(=O)O)CCN(CC(=O)O)CCN(CC(=O)O)CC1)C(=O)N[C@H](C)C(=O)N1CC(F)(F)C[C@H]1C#N. The summed E-state index contributed by atoms with van der Waals surface area (Å²) in [6.07, 6.45) is -0.822. The van der Waals surface area contributed by atoms with E-state index >= 15 is 0 Å². The Labute approximate surface area is 322 Å². The van der Waals surface area contributed by atoms with Crippen molar-refractivity contribution < 1.29 is 62.5 Å². The van der Waals surface area contributed by atoms with Crippen molar-refractivity contribution >= 4 is 47.4 Å².